The lowest BCUT2D eigenvalue weighted by Gasteiger charge is -2.00. The average molecular weight is 272 g/mol. The zero-order chi connectivity index (χ0) is 13.1. The molecule has 0 saturated heterocycles. The summed E-state index contributed by atoms with van der Waals surface area (Å²) in [7, 11) is 0. The second kappa shape index (κ2) is 5.55. The first kappa shape index (κ1) is 12.4. The number of para-hydroxylation sites is 1. The van der Waals surface area contributed by atoms with Crippen molar-refractivity contribution in [1.82, 2.24) is 10.3 Å². The number of aromatic nitrogens is 1. The van der Waals surface area contributed by atoms with E-state index in [4.69, 9.17) is 4.42 Å². The molecule has 0 saturated carbocycles. The van der Waals surface area contributed by atoms with Crippen LogP contribution in [0.25, 0.3) is 11.0 Å². The van der Waals surface area contributed by atoms with Crippen molar-refractivity contribution in [1.29, 1.82) is 0 Å². The highest BCUT2D eigenvalue weighted by atomic mass is 32.1. The molecule has 4 heteroatoms. The third kappa shape index (κ3) is 2.69. The quantitative estimate of drug-likeness (QED) is 0.769. The number of aryl methyl sites for hydroxylation is 1. The fraction of sp³-hybridized carbons (Fsp3) is 0.267. The van der Waals surface area contributed by atoms with E-state index in [-0.39, 0.29) is 0 Å². The molecule has 2 aromatic heterocycles. The third-order valence-corrected chi connectivity index (χ3v) is 4.24. The van der Waals surface area contributed by atoms with Crippen molar-refractivity contribution in [2.45, 2.75) is 26.4 Å². The number of hydrogen-bond acceptors (Lipinski definition) is 4. The Morgan fingerprint density at radius 3 is 3.00 bits per heavy atom. The van der Waals surface area contributed by atoms with Gasteiger partial charge >= 0.3 is 0 Å². The van der Waals surface area contributed by atoms with E-state index in [2.05, 4.69) is 23.3 Å². The van der Waals surface area contributed by atoms with Gasteiger partial charge in [-0.15, -0.1) is 11.3 Å². The summed E-state index contributed by atoms with van der Waals surface area (Å²) in [6, 6.07) is 8.11. The van der Waals surface area contributed by atoms with Crippen molar-refractivity contribution in [3.05, 3.63) is 52.2 Å². The van der Waals surface area contributed by atoms with Crippen molar-refractivity contribution in [2.75, 3.05) is 0 Å². The zero-order valence-corrected chi connectivity index (χ0v) is 11.7. The smallest absolute Gasteiger partial charge is 0.134 e. The number of rotatable bonds is 5. The van der Waals surface area contributed by atoms with Crippen LogP contribution < -0.4 is 5.32 Å². The molecule has 0 aliphatic carbocycles. The second-order valence-electron chi connectivity index (χ2n) is 4.43. The molecule has 0 aliphatic rings. The Kier molecular flexibility index (Phi) is 3.62. The Balaban J connectivity index is 1.63. The Bertz CT molecular complexity index is 671. The van der Waals surface area contributed by atoms with Crippen LogP contribution in [0, 0.1) is 0 Å². The molecule has 0 bridgehead atoms. The van der Waals surface area contributed by atoms with Crippen molar-refractivity contribution in [3.8, 4) is 0 Å². The standard InChI is InChI=1S/C15H16N2OS/c1-2-12-8-17-15(19-12)9-16-7-11-10-18-14-6-4-3-5-13(11)14/h3-6,8,10,16H,2,7,9H2,1H3. The number of nitrogens with zero attached hydrogens (tertiary/aromatic N) is 1. The van der Waals surface area contributed by atoms with Crippen LogP contribution in [0.5, 0.6) is 0 Å². The van der Waals surface area contributed by atoms with Crippen molar-refractivity contribution >= 4 is 22.3 Å². The minimum atomic E-state index is 0.804. The van der Waals surface area contributed by atoms with Gasteiger partial charge in [0.25, 0.3) is 0 Å². The van der Waals surface area contributed by atoms with E-state index in [1.807, 2.05) is 30.7 Å². The van der Waals surface area contributed by atoms with Crippen LogP contribution in [0.15, 0.2) is 41.1 Å². The summed E-state index contributed by atoms with van der Waals surface area (Å²) in [6.45, 7) is 3.77. The van der Waals surface area contributed by atoms with E-state index in [0.717, 1.165) is 30.1 Å². The Morgan fingerprint density at radius 1 is 1.26 bits per heavy atom. The average Bonchev–Trinajstić information content (AvgIpc) is 3.06. The van der Waals surface area contributed by atoms with Crippen molar-refractivity contribution in [2.24, 2.45) is 0 Å². The molecule has 0 radical (unpaired) electrons. The van der Waals surface area contributed by atoms with Gasteiger partial charge in [0.15, 0.2) is 0 Å². The summed E-state index contributed by atoms with van der Waals surface area (Å²) >= 11 is 1.78. The summed E-state index contributed by atoms with van der Waals surface area (Å²) < 4.78 is 5.52. The SMILES string of the molecule is CCc1cnc(CNCc2coc3ccccc23)s1. The first-order valence-electron chi connectivity index (χ1n) is 6.46. The second-order valence-corrected chi connectivity index (χ2v) is 5.63. The fourth-order valence-corrected chi connectivity index (χ4v) is 2.90. The number of benzene rings is 1. The van der Waals surface area contributed by atoms with Crippen LogP contribution in [0.3, 0.4) is 0 Å². The monoisotopic (exact) mass is 272 g/mol. The first-order valence-corrected chi connectivity index (χ1v) is 7.28. The van der Waals surface area contributed by atoms with E-state index < -0.39 is 0 Å². The van der Waals surface area contributed by atoms with Gasteiger partial charge in [0.05, 0.1) is 6.26 Å². The van der Waals surface area contributed by atoms with Crippen molar-refractivity contribution < 1.29 is 4.42 Å². The van der Waals surface area contributed by atoms with E-state index in [1.54, 1.807) is 11.3 Å². The molecule has 3 rings (SSSR count). The summed E-state index contributed by atoms with van der Waals surface area (Å²) in [6.07, 6.45) is 4.86. The minimum Gasteiger partial charge on any atom is -0.464 e. The van der Waals surface area contributed by atoms with Gasteiger partial charge in [-0.25, -0.2) is 4.98 Å². The molecule has 19 heavy (non-hydrogen) atoms. The Labute approximate surface area is 116 Å². The molecule has 1 N–H and O–H groups in total. The molecule has 2 heterocycles. The van der Waals surface area contributed by atoms with Crippen LogP contribution in [0.2, 0.25) is 0 Å². The van der Waals surface area contributed by atoms with Gasteiger partial charge in [-0.1, -0.05) is 25.1 Å². The van der Waals surface area contributed by atoms with Gasteiger partial charge in [0.1, 0.15) is 10.6 Å². The molecule has 0 spiro atoms. The predicted molar refractivity (Wildman–Crippen MR) is 78.2 cm³/mol. The largest absolute Gasteiger partial charge is 0.464 e. The van der Waals surface area contributed by atoms with Gasteiger partial charge < -0.3 is 9.73 Å². The first-order chi connectivity index (χ1) is 9.36. The van der Waals surface area contributed by atoms with E-state index in [9.17, 15) is 0 Å². The van der Waals surface area contributed by atoms with E-state index >= 15 is 0 Å². The molecule has 0 aliphatic heterocycles. The van der Waals surface area contributed by atoms with E-state index in [0.29, 0.717) is 0 Å². The molecule has 3 nitrogen and oxygen atoms in total. The molecule has 98 valence electrons. The van der Waals surface area contributed by atoms with Crippen LogP contribution in [0.1, 0.15) is 22.4 Å². The van der Waals surface area contributed by atoms with E-state index in [1.165, 1.54) is 15.8 Å². The fourth-order valence-electron chi connectivity index (χ4n) is 2.07. The number of fused-ring (bicyclic) bond motifs is 1. The lowest BCUT2D eigenvalue weighted by atomic mass is 10.2. The lowest BCUT2D eigenvalue weighted by Crippen LogP contribution is -2.11. The lowest BCUT2D eigenvalue weighted by molar-refractivity contribution is 0.602. The van der Waals surface area contributed by atoms with Gasteiger partial charge in [0, 0.05) is 35.1 Å². The van der Waals surface area contributed by atoms with Crippen LogP contribution in [-0.4, -0.2) is 4.98 Å². The van der Waals surface area contributed by atoms with Gasteiger partial charge in [-0.3, -0.25) is 0 Å². The predicted octanol–water partition coefficient (Wildman–Crippen LogP) is 3.74. The molecular weight excluding hydrogens is 256 g/mol. The van der Waals surface area contributed by atoms with Crippen LogP contribution in [-0.2, 0) is 19.5 Å². The Hall–Kier alpha value is -1.65. The van der Waals surface area contributed by atoms with Gasteiger partial charge in [0.2, 0.25) is 0 Å². The highest BCUT2D eigenvalue weighted by Crippen LogP contribution is 2.20. The summed E-state index contributed by atoms with van der Waals surface area (Å²) in [5, 5.41) is 5.75. The minimum absolute atomic E-state index is 0.804. The normalized spacial score (nSPS) is 11.2. The number of nitrogens with one attached hydrogen (secondary N) is 1. The molecule has 1 aromatic carbocycles. The topological polar surface area (TPSA) is 38.1 Å². The molecule has 0 atom stereocenters. The Morgan fingerprint density at radius 2 is 2.16 bits per heavy atom. The van der Waals surface area contributed by atoms with Crippen molar-refractivity contribution in [3.63, 3.8) is 0 Å². The number of furan rings is 1. The van der Waals surface area contributed by atoms with Crippen LogP contribution in [0.4, 0.5) is 0 Å². The van der Waals surface area contributed by atoms with Gasteiger partial charge in [-0.2, -0.15) is 0 Å². The van der Waals surface area contributed by atoms with Gasteiger partial charge in [-0.05, 0) is 12.5 Å². The number of thiazole rings is 1. The molecule has 0 unspecified atom stereocenters. The molecule has 0 fully saturated rings. The molecular formula is C15H16N2OS. The summed E-state index contributed by atoms with van der Waals surface area (Å²) in [5.41, 5.74) is 2.14. The maximum absolute atomic E-state index is 5.52. The molecule has 3 aromatic rings. The number of hydrogen-bond donors (Lipinski definition) is 1. The zero-order valence-electron chi connectivity index (χ0n) is 10.8. The maximum atomic E-state index is 5.52. The highest BCUT2D eigenvalue weighted by molar-refractivity contribution is 7.11. The summed E-state index contributed by atoms with van der Waals surface area (Å²) in [5.74, 6) is 0. The van der Waals surface area contributed by atoms with Crippen LogP contribution >= 0.6 is 11.3 Å². The third-order valence-electron chi connectivity index (χ3n) is 3.10. The summed E-state index contributed by atoms with van der Waals surface area (Å²) in [4.78, 5) is 5.74. The molecule has 0 amide bonds. The maximum Gasteiger partial charge on any atom is 0.134 e. The highest BCUT2D eigenvalue weighted by Gasteiger charge is 2.05.